The minimum atomic E-state index is -0.500. The van der Waals surface area contributed by atoms with Crippen LogP contribution in [0.15, 0.2) is 12.1 Å². The van der Waals surface area contributed by atoms with Gasteiger partial charge in [0.2, 0.25) is 5.82 Å². The summed E-state index contributed by atoms with van der Waals surface area (Å²) < 4.78 is 0. The number of aromatic nitrogens is 1. The third-order valence-electron chi connectivity index (χ3n) is 3.48. The lowest BCUT2D eigenvalue weighted by atomic mass is 10.00. The third-order valence-corrected chi connectivity index (χ3v) is 3.48. The van der Waals surface area contributed by atoms with Gasteiger partial charge in [0, 0.05) is 18.7 Å². The van der Waals surface area contributed by atoms with Gasteiger partial charge in [-0.1, -0.05) is 6.92 Å². The summed E-state index contributed by atoms with van der Waals surface area (Å²) in [7, 11) is 0. The van der Waals surface area contributed by atoms with Gasteiger partial charge in [-0.3, -0.25) is 10.1 Å². The molecule has 98 valence electrons. The van der Waals surface area contributed by atoms with Crippen LogP contribution in [0.2, 0.25) is 0 Å². The van der Waals surface area contributed by atoms with Crippen LogP contribution in [-0.2, 0) is 0 Å². The van der Waals surface area contributed by atoms with Crippen LogP contribution in [0.4, 0.5) is 17.3 Å². The average Bonchev–Trinajstić information content (AvgIpc) is 2.38. The Bertz CT molecular complexity index is 450. The van der Waals surface area contributed by atoms with Gasteiger partial charge in [-0.2, -0.15) is 0 Å². The van der Waals surface area contributed by atoms with E-state index in [9.17, 15) is 10.1 Å². The lowest BCUT2D eigenvalue weighted by Crippen LogP contribution is -2.39. The average molecular weight is 250 g/mol. The van der Waals surface area contributed by atoms with Crippen LogP contribution in [0.3, 0.4) is 0 Å². The SMILES string of the molecule is CCC1CCCCN1c1ccc([N+](=O)[O-])c(N)n1. The van der Waals surface area contributed by atoms with Crippen molar-refractivity contribution in [3.05, 3.63) is 22.2 Å². The van der Waals surface area contributed by atoms with Gasteiger partial charge in [0.1, 0.15) is 5.82 Å². The fourth-order valence-electron chi connectivity index (χ4n) is 2.50. The first kappa shape index (κ1) is 12.6. The lowest BCUT2D eigenvalue weighted by Gasteiger charge is -2.36. The molecule has 1 aliphatic rings. The van der Waals surface area contributed by atoms with E-state index >= 15 is 0 Å². The first-order valence-corrected chi connectivity index (χ1v) is 6.31. The molecule has 1 saturated heterocycles. The van der Waals surface area contributed by atoms with Gasteiger partial charge in [0.05, 0.1) is 4.92 Å². The second kappa shape index (κ2) is 5.20. The predicted octanol–water partition coefficient (Wildman–Crippen LogP) is 2.34. The van der Waals surface area contributed by atoms with Crippen molar-refractivity contribution in [2.24, 2.45) is 0 Å². The zero-order valence-electron chi connectivity index (χ0n) is 10.5. The molecule has 1 unspecified atom stereocenters. The van der Waals surface area contributed by atoms with Gasteiger partial charge in [-0.05, 0) is 31.7 Å². The molecule has 6 nitrogen and oxygen atoms in total. The predicted molar refractivity (Wildman–Crippen MR) is 70.6 cm³/mol. The Morgan fingerprint density at radius 3 is 2.94 bits per heavy atom. The smallest absolute Gasteiger partial charge is 0.311 e. The molecular formula is C12H18N4O2. The lowest BCUT2D eigenvalue weighted by molar-refractivity contribution is -0.384. The monoisotopic (exact) mass is 250 g/mol. The topological polar surface area (TPSA) is 85.3 Å². The summed E-state index contributed by atoms with van der Waals surface area (Å²) in [5.74, 6) is 0.752. The van der Waals surface area contributed by atoms with E-state index in [1.807, 2.05) is 0 Å². The Labute approximate surface area is 106 Å². The number of anilines is 2. The van der Waals surface area contributed by atoms with Crippen molar-refractivity contribution >= 4 is 17.3 Å². The van der Waals surface area contributed by atoms with E-state index in [-0.39, 0.29) is 11.5 Å². The van der Waals surface area contributed by atoms with Gasteiger partial charge in [-0.25, -0.2) is 4.98 Å². The number of hydrogen-bond donors (Lipinski definition) is 1. The number of piperidine rings is 1. The molecule has 18 heavy (non-hydrogen) atoms. The molecule has 0 aromatic carbocycles. The number of hydrogen-bond acceptors (Lipinski definition) is 5. The maximum absolute atomic E-state index is 10.7. The van der Waals surface area contributed by atoms with Crippen LogP contribution in [0.1, 0.15) is 32.6 Å². The normalized spacial score (nSPS) is 19.8. The minimum absolute atomic E-state index is 0.00192. The highest BCUT2D eigenvalue weighted by Crippen LogP contribution is 2.28. The molecule has 0 aliphatic carbocycles. The molecule has 6 heteroatoms. The Balaban J connectivity index is 2.27. The molecule has 1 atom stereocenters. The zero-order chi connectivity index (χ0) is 13.1. The molecule has 1 fully saturated rings. The molecule has 1 aliphatic heterocycles. The third kappa shape index (κ3) is 2.37. The van der Waals surface area contributed by atoms with Gasteiger partial charge in [0.15, 0.2) is 0 Å². The van der Waals surface area contributed by atoms with Gasteiger partial charge < -0.3 is 10.6 Å². The summed E-state index contributed by atoms with van der Waals surface area (Å²) >= 11 is 0. The molecule has 0 saturated carbocycles. The molecule has 0 radical (unpaired) electrons. The highest BCUT2D eigenvalue weighted by Gasteiger charge is 2.23. The van der Waals surface area contributed by atoms with Gasteiger partial charge >= 0.3 is 5.69 Å². The summed E-state index contributed by atoms with van der Waals surface area (Å²) in [6.45, 7) is 3.10. The van der Waals surface area contributed by atoms with E-state index in [0.717, 1.165) is 31.6 Å². The minimum Gasteiger partial charge on any atom is -0.378 e. The van der Waals surface area contributed by atoms with Gasteiger partial charge in [0.25, 0.3) is 0 Å². The highest BCUT2D eigenvalue weighted by molar-refractivity contribution is 5.58. The Hall–Kier alpha value is -1.85. The van der Waals surface area contributed by atoms with E-state index in [4.69, 9.17) is 5.73 Å². The zero-order valence-corrected chi connectivity index (χ0v) is 10.5. The van der Waals surface area contributed by atoms with Crippen LogP contribution in [0.5, 0.6) is 0 Å². The largest absolute Gasteiger partial charge is 0.378 e. The van der Waals surface area contributed by atoms with Crippen molar-refractivity contribution in [3.8, 4) is 0 Å². The van der Waals surface area contributed by atoms with E-state index in [0.29, 0.717) is 6.04 Å². The molecule has 2 rings (SSSR count). The van der Waals surface area contributed by atoms with Crippen molar-refractivity contribution in [1.29, 1.82) is 0 Å². The summed E-state index contributed by atoms with van der Waals surface area (Å²) in [5, 5.41) is 10.7. The number of nitrogens with two attached hydrogens (primary N) is 1. The van der Waals surface area contributed by atoms with Crippen LogP contribution < -0.4 is 10.6 Å². The maximum atomic E-state index is 10.7. The van der Waals surface area contributed by atoms with Crippen molar-refractivity contribution in [2.75, 3.05) is 17.2 Å². The molecule has 2 heterocycles. The first-order valence-electron chi connectivity index (χ1n) is 6.31. The van der Waals surface area contributed by atoms with Crippen LogP contribution in [0, 0.1) is 10.1 Å². The van der Waals surface area contributed by atoms with E-state index in [1.165, 1.54) is 12.5 Å². The first-order chi connectivity index (χ1) is 8.63. The van der Waals surface area contributed by atoms with E-state index in [1.54, 1.807) is 6.07 Å². The fourth-order valence-corrected chi connectivity index (χ4v) is 2.50. The molecule has 2 N–H and O–H groups in total. The quantitative estimate of drug-likeness (QED) is 0.657. The van der Waals surface area contributed by atoms with Crippen molar-refractivity contribution in [2.45, 2.75) is 38.6 Å². The number of pyridine rings is 1. The van der Waals surface area contributed by atoms with Gasteiger partial charge in [-0.15, -0.1) is 0 Å². The van der Waals surface area contributed by atoms with Crippen molar-refractivity contribution in [3.63, 3.8) is 0 Å². The number of nitrogen functional groups attached to an aromatic ring is 1. The molecule has 1 aromatic rings. The molecule has 0 spiro atoms. The van der Waals surface area contributed by atoms with Crippen LogP contribution >= 0.6 is 0 Å². The summed E-state index contributed by atoms with van der Waals surface area (Å²) in [6.07, 6.45) is 4.57. The van der Waals surface area contributed by atoms with Crippen LogP contribution in [0.25, 0.3) is 0 Å². The van der Waals surface area contributed by atoms with Crippen molar-refractivity contribution < 1.29 is 4.92 Å². The van der Waals surface area contributed by atoms with Crippen molar-refractivity contribution in [1.82, 2.24) is 4.98 Å². The fraction of sp³-hybridized carbons (Fsp3) is 0.583. The molecule has 1 aromatic heterocycles. The molecule has 0 bridgehead atoms. The Morgan fingerprint density at radius 2 is 2.33 bits per heavy atom. The second-order valence-electron chi connectivity index (χ2n) is 4.58. The molecular weight excluding hydrogens is 232 g/mol. The van der Waals surface area contributed by atoms with E-state index in [2.05, 4.69) is 16.8 Å². The summed E-state index contributed by atoms with van der Waals surface area (Å²) in [4.78, 5) is 16.6. The standard InChI is InChI=1S/C12H18N4O2/c1-2-9-5-3-4-8-15(9)11-7-6-10(16(17)18)12(13)14-11/h6-7,9H,2-5,8H2,1H3,(H2,13,14). The Morgan fingerprint density at radius 1 is 1.56 bits per heavy atom. The van der Waals surface area contributed by atoms with Crippen LogP contribution in [-0.4, -0.2) is 22.5 Å². The number of nitrogens with zero attached hydrogens (tertiary/aromatic N) is 3. The van der Waals surface area contributed by atoms with E-state index < -0.39 is 4.92 Å². The second-order valence-corrected chi connectivity index (χ2v) is 4.58. The summed E-state index contributed by atoms with van der Waals surface area (Å²) in [6, 6.07) is 3.61. The molecule has 0 amide bonds. The maximum Gasteiger partial charge on any atom is 0.311 e. The number of nitro groups is 1. The summed E-state index contributed by atoms with van der Waals surface area (Å²) in [5.41, 5.74) is 5.51. The number of rotatable bonds is 3. The Kier molecular flexibility index (Phi) is 3.64. The highest BCUT2D eigenvalue weighted by atomic mass is 16.6.